The number of benzene rings is 2. The van der Waals surface area contributed by atoms with Crippen molar-refractivity contribution in [3.8, 4) is 11.5 Å². The molecule has 1 aromatic heterocycles. The Hall–Kier alpha value is -4.01. The molecule has 0 saturated heterocycles. The summed E-state index contributed by atoms with van der Waals surface area (Å²) < 4.78 is 16.4. The first-order chi connectivity index (χ1) is 15.3. The van der Waals surface area contributed by atoms with E-state index >= 15 is 0 Å². The highest BCUT2D eigenvalue weighted by Gasteiger charge is 2.21. The van der Waals surface area contributed by atoms with E-state index in [0.29, 0.717) is 53.2 Å². The van der Waals surface area contributed by atoms with E-state index in [4.69, 9.17) is 14.0 Å². The molecule has 0 spiro atoms. The van der Waals surface area contributed by atoms with E-state index in [0.717, 1.165) is 0 Å². The van der Waals surface area contributed by atoms with Gasteiger partial charge in [-0.1, -0.05) is 32.0 Å². The number of rotatable bonds is 4. The van der Waals surface area contributed by atoms with Crippen LogP contribution in [0.5, 0.6) is 11.5 Å². The summed E-state index contributed by atoms with van der Waals surface area (Å²) in [4.78, 5) is 24.9. The van der Waals surface area contributed by atoms with Crippen molar-refractivity contribution in [2.75, 3.05) is 29.2 Å². The molecule has 0 atom stereocenters. The maximum Gasteiger partial charge on any atom is 0.324 e. The number of nitrogens with zero attached hydrogens (tertiary/aromatic N) is 1. The Balaban J connectivity index is 1.36. The molecule has 9 nitrogen and oxygen atoms in total. The summed E-state index contributed by atoms with van der Waals surface area (Å²) >= 11 is 0. The summed E-state index contributed by atoms with van der Waals surface area (Å²) in [6.07, 6.45) is 0. The highest BCUT2D eigenvalue weighted by Crippen LogP contribution is 2.34. The van der Waals surface area contributed by atoms with Gasteiger partial charge in [-0.05, 0) is 36.4 Å². The number of amides is 3. The van der Waals surface area contributed by atoms with E-state index in [2.05, 4.69) is 21.1 Å². The van der Waals surface area contributed by atoms with E-state index in [1.165, 1.54) is 0 Å². The Labute approximate surface area is 185 Å². The maximum absolute atomic E-state index is 12.7. The van der Waals surface area contributed by atoms with Gasteiger partial charge < -0.3 is 24.6 Å². The maximum atomic E-state index is 12.7. The number of fused-ring (bicyclic) bond motifs is 1. The SMILES string of the molecule is CC(C)(C)c1cc(NC(=O)Nc2ccc(NC(=O)c3cccc4c3OCCO4)cc2)no1. The second kappa shape index (κ2) is 8.62. The normalized spacial score (nSPS) is 12.7. The van der Waals surface area contributed by atoms with Crippen LogP contribution in [-0.4, -0.2) is 30.3 Å². The molecule has 0 radical (unpaired) electrons. The molecule has 2 heterocycles. The van der Waals surface area contributed by atoms with Crippen molar-refractivity contribution < 1.29 is 23.6 Å². The molecule has 32 heavy (non-hydrogen) atoms. The number of hydrogen-bond donors (Lipinski definition) is 3. The minimum absolute atomic E-state index is 0.206. The van der Waals surface area contributed by atoms with Gasteiger partial charge in [0.05, 0.1) is 5.56 Å². The molecule has 0 unspecified atom stereocenters. The van der Waals surface area contributed by atoms with Gasteiger partial charge in [0.15, 0.2) is 17.3 Å². The van der Waals surface area contributed by atoms with Crippen LogP contribution in [0.1, 0.15) is 36.9 Å². The first-order valence-electron chi connectivity index (χ1n) is 10.1. The molecule has 3 amide bonds. The van der Waals surface area contributed by atoms with Crippen LogP contribution in [0.2, 0.25) is 0 Å². The molecule has 166 valence electrons. The van der Waals surface area contributed by atoms with Gasteiger partial charge >= 0.3 is 6.03 Å². The van der Waals surface area contributed by atoms with Gasteiger partial charge in [-0.15, -0.1) is 0 Å². The Morgan fingerprint density at radius 3 is 2.28 bits per heavy atom. The van der Waals surface area contributed by atoms with Crippen molar-refractivity contribution in [3.63, 3.8) is 0 Å². The lowest BCUT2D eigenvalue weighted by atomic mass is 9.93. The van der Waals surface area contributed by atoms with Crippen molar-refractivity contribution in [3.05, 3.63) is 59.9 Å². The minimum Gasteiger partial charge on any atom is -0.486 e. The smallest absolute Gasteiger partial charge is 0.324 e. The van der Waals surface area contributed by atoms with Crippen LogP contribution < -0.4 is 25.4 Å². The van der Waals surface area contributed by atoms with Crippen LogP contribution in [0.4, 0.5) is 22.0 Å². The number of ether oxygens (including phenoxy) is 2. The second-order valence-electron chi connectivity index (χ2n) is 8.27. The minimum atomic E-state index is -0.455. The van der Waals surface area contributed by atoms with Gasteiger partial charge in [0.2, 0.25) is 0 Å². The van der Waals surface area contributed by atoms with Gasteiger partial charge in [-0.25, -0.2) is 4.79 Å². The Bertz CT molecular complexity index is 1130. The number of urea groups is 1. The lowest BCUT2D eigenvalue weighted by Gasteiger charge is -2.20. The number of para-hydroxylation sites is 1. The zero-order valence-electron chi connectivity index (χ0n) is 18.0. The quantitative estimate of drug-likeness (QED) is 0.549. The fourth-order valence-electron chi connectivity index (χ4n) is 3.05. The Morgan fingerprint density at radius 2 is 1.59 bits per heavy atom. The van der Waals surface area contributed by atoms with Gasteiger partial charge in [0.25, 0.3) is 5.91 Å². The summed E-state index contributed by atoms with van der Waals surface area (Å²) in [5.41, 5.74) is 1.31. The van der Waals surface area contributed by atoms with Crippen molar-refractivity contribution in [1.29, 1.82) is 0 Å². The van der Waals surface area contributed by atoms with E-state index in [9.17, 15) is 9.59 Å². The summed E-state index contributed by atoms with van der Waals surface area (Å²) in [5.74, 6) is 1.68. The number of aromatic nitrogens is 1. The molecule has 0 aliphatic carbocycles. The molecule has 1 aliphatic rings. The molecule has 3 aromatic rings. The largest absolute Gasteiger partial charge is 0.486 e. The topological polar surface area (TPSA) is 115 Å². The molecule has 0 fully saturated rings. The summed E-state index contributed by atoms with van der Waals surface area (Å²) in [7, 11) is 0. The number of anilines is 3. The number of hydrogen-bond acceptors (Lipinski definition) is 6. The average Bonchev–Trinajstić information content (AvgIpc) is 3.23. The van der Waals surface area contributed by atoms with Crippen LogP contribution in [0.25, 0.3) is 0 Å². The molecule has 9 heteroatoms. The fourth-order valence-corrected chi connectivity index (χ4v) is 3.05. The molecular weight excluding hydrogens is 412 g/mol. The predicted octanol–water partition coefficient (Wildman–Crippen LogP) is 4.64. The highest BCUT2D eigenvalue weighted by molar-refractivity contribution is 6.07. The van der Waals surface area contributed by atoms with Gasteiger partial charge in [0.1, 0.15) is 19.0 Å². The van der Waals surface area contributed by atoms with E-state index in [-0.39, 0.29) is 11.3 Å². The number of carbonyl (C=O) groups excluding carboxylic acids is 2. The molecule has 0 bridgehead atoms. The molecule has 0 saturated carbocycles. The third kappa shape index (κ3) is 4.83. The van der Waals surface area contributed by atoms with Crippen molar-refractivity contribution in [1.82, 2.24) is 5.16 Å². The Kier molecular flexibility index (Phi) is 5.72. The first-order valence-corrected chi connectivity index (χ1v) is 10.1. The second-order valence-corrected chi connectivity index (χ2v) is 8.27. The number of carbonyl (C=O) groups is 2. The van der Waals surface area contributed by atoms with E-state index in [1.54, 1.807) is 48.5 Å². The van der Waals surface area contributed by atoms with Crippen molar-refractivity contribution >= 4 is 29.1 Å². The molecule has 1 aliphatic heterocycles. The molecule has 4 rings (SSSR count). The van der Waals surface area contributed by atoms with Crippen LogP contribution >= 0.6 is 0 Å². The predicted molar refractivity (Wildman–Crippen MR) is 120 cm³/mol. The standard InChI is InChI=1S/C23H24N4O5/c1-23(2,3)18-13-19(27-32-18)26-22(29)25-15-9-7-14(8-10-15)24-21(28)16-5-4-6-17-20(16)31-12-11-30-17/h4-10,13H,11-12H2,1-3H3,(H,24,28)(H2,25,26,27,29). The lowest BCUT2D eigenvalue weighted by molar-refractivity contribution is 0.101. The molecule has 2 aromatic carbocycles. The van der Waals surface area contributed by atoms with Crippen LogP contribution in [0.3, 0.4) is 0 Å². The summed E-state index contributed by atoms with van der Waals surface area (Å²) in [6, 6.07) is 13.2. The van der Waals surface area contributed by atoms with E-state index < -0.39 is 6.03 Å². The number of nitrogens with one attached hydrogen (secondary N) is 3. The van der Waals surface area contributed by atoms with E-state index in [1.807, 2.05) is 20.8 Å². The van der Waals surface area contributed by atoms with Gasteiger partial charge in [-0.2, -0.15) is 0 Å². The third-order valence-electron chi connectivity index (χ3n) is 4.70. The summed E-state index contributed by atoms with van der Waals surface area (Å²) in [5, 5.41) is 12.0. The fraction of sp³-hybridized carbons (Fsp3) is 0.261. The van der Waals surface area contributed by atoms with Crippen molar-refractivity contribution in [2.24, 2.45) is 0 Å². The van der Waals surface area contributed by atoms with Crippen LogP contribution in [0.15, 0.2) is 53.1 Å². The Morgan fingerprint density at radius 1 is 0.906 bits per heavy atom. The first kappa shape index (κ1) is 21.2. The van der Waals surface area contributed by atoms with Crippen LogP contribution in [-0.2, 0) is 5.41 Å². The van der Waals surface area contributed by atoms with Crippen molar-refractivity contribution in [2.45, 2.75) is 26.2 Å². The van der Waals surface area contributed by atoms with Gasteiger partial charge in [-0.3, -0.25) is 10.1 Å². The third-order valence-corrected chi connectivity index (χ3v) is 4.70. The summed E-state index contributed by atoms with van der Waals surface area (Å²) in [6.45, 7) is 6.82. The van der Waals surface area contributed by atoms with Crippen LogP contribution in [0, 0.1) is 0 Å². The lowest BCUT2D eigenvalue weighted by Crippen LogP contribution is -2.20. The monoisotopic (exact) mass is 436 g/mol. The zero-order chi connectivity index (χ0) is 22.7. The highest BCUT2D eigenvalue weighted by atomic mass is 16.6. The zero-order valence-corrected chi connectivity index (χ0v) is 18.0. The van der Waals surface area contributed by atoms with Gasteiger partial charge in [0, 0.05) is 22.9 Å². The molecule has 3 N–H and O–H groups in total. The molecular formula is C23H24N4O5. The average molecular weight is 436 g/mol.